The second-order valence-electron chi connectivity index (χ2n) is 4.84. The van der Waals surface area contributed by atoms with Crippen molar-refractivity contribution in [3.05, 3.63) is 35.8 Å². The Bertz CT molecular complexity index is 623. The molecule has 2 aromatic rings. The molecule has 1 N–H and O–H groups in total. The van der Waals surface area contributed by atoms with Crippen molar-refractivity contribution < 1.29 is 13.6 Å². The number of benzene rings is 1. The minimum atomic E-state index is -0.331. The number of nitrogens with zero attached hydrogens (tertiary/aromatic N) is 1. The normalized spacial score (nSPS) is 19.9. The van der Waals surface area contributed by atoms with Crippen LogP contribution in [0.2, 0.25) is 0 Å². The second-order valence-corrected chi connectivity index (χ2v) is 4.84. The predicted octanol–water partition coefficient (Wildman–Crippen LogP) is 2.01. The topological polar surface area (TPSA) is 45.5 Å². The van der Waals surface area contributed by atoms with E-state index < -0.39 is 0 Å². The van der Waals surface area contributed by atoms with Crippen LogP contribution in [0.1, 0.15) is 17.5 Å². The molecule has 0 aliphatic carbocycles. The number of halogens is 1. The summed E-state index contributed by atoms with van der Waals surface area (Å²) >= 11 is 0. The third kappa shape index (κ3) is 2.21. The molecule has 4 nitrogen and oxygen atoms in total. The number of fused-ring (bicyclic) bond motifs is 1. The van der Waals surface area contributed by atoms with Crippen LogP contribution >= 0.6 is 0 Å². The van der Waals surface area contributed by atoms with E-state index in [9.17, 15) is 9.18 Å². The maximum Gasteiger partial charge on any atom is 0.289 e. The highest BCUT2D eigenvalue weighted by molar-refractivity contribution is 5.96. The summed E-state index contributed by atoms with van der Waals surface area (Å²) in [5.74, 6) is -0.192. The summed E-state index contributed by atoms with van der Waals surface area (Å²) in [6.45, 7) is 4.21. The van der Waals surface area contributed by atoms with Gasteiger partial charge in [0.15, 0.2) is 5.76 Å². The fourth-order valence-electron chi connectivity index (χ4n) is 2.40. The van der Waals surface area contributed by atoms with E-state index in [1.807, 2.05) is 6.92 Å². The molecule has 0 saturated carbocycles. The van der Waals surface area contributed by atoms with Crippen LogP contribution in [0.5, 0.6) is 0 Å². The number of furan rings is 1. The molecule has 0 radical (unpaired) electrons. The summed E-state index contributed by atoms with van der Waals surface area (Å²) in [6, 6.07) is 5.98. The largest absolute Gasteiger partial charge is 0.451 e. The fraction of sp³-hybridized carbons (Fsp3) is 0.357. The van der Waals surface area contributed by atoms with Crippen molar-refractivity contribution in [2.45, 2.75) is 13.0 Å². The molecule has 1 fully saturated rings. The third-order valence-electron chi connectivity index (χ3n) is 3.45. The van der Waals surface area contributed by atoms with E-state index in [4.69, 9.17) is 4.42 Å². The Hall–Kier alpha value is -1.88. The van der Waals surface area contributed by atoms with Crippen LogP contribution < -0.4 is 5.32 Å². The first-order valence-electron chi connectivity index (χ1n) is 6.36. The van der Waals surface area contributed by atoms with E-state index in [1.165, 1.54) is 12.1 Å². The molecular weight excluding hydrogens is 247 g/mol. The number of carbonyl (C=O) groups is 1. The van der Waals surface area contributed by atoms with Gasteiger partial charge in [-0.2, -0.15) is 0 Å². The van der Waals surface area contributed by atoms with Gasteiger partial charge in [-0.3, -0.25) is 4.79 Å². The zero-order valence-electron chi connectivity index (χ0n) is 10.6. The molecular formula is C14H15FN2O2. The number of hydrogen-bond acceptors (Lipinski definition) is 3. The Morgan fingerprint density at radius 2 is 2.32 bits per heavy atom. The van der Waals surface area contributed by atoms with Gasteiger partial charge in [-0.1, -0.05) is 0 Å². The van der Waals surface area contributed by atoms with Gasteiger partial charge in [0.1, 0.15) is 11.4 Å². The number of carbonyl (C=O) groups excluding carboxylic acids is 1. The van der Waals surface area contributed by atoms with E-state index in [0.717, 1.165) is 13.1 Å². The molecule has 1 aliphatic heterocycles. The molecule has 1 amide bonds. The van der Waals surface area contributed by atoms with E-state index >= 15 is 0 Å². The Morgan fingerprint density at radius 3 is 3.11 bits per heavy atom. The number of piperazine rings is 1. The minimum Gasteiger partial charge on any atom is -0.451 e. The maximum absolute atomic E-state index is 13.1. The quantitative estimate of drug-likeness (QED) is 0.855. The van der Waals surface area contributed by atoms with E-state index in [0.29, 0.717) is 17.5 Å². The van der Waals surface area contributed by atoms with Gasteiger partial charge in [-0.15, -0.1) is 0 Å². The number of nitrogens with one attached hydrogen (secondary N) is 1. The van der Waals surface area contributed by atoms with Gasteiger partial charge in [-0.05, 0) is 31.2 Å². The molecule has 0 spiro atoms. The van der Waals surface area contributed by atoms with Crippen LogP contribution in [0.4, 0.5) is 4.39 Å². The Balaban J connectivity index is 1.92. The lowest BCUT2D eigenvalue weighted by atomic mass is 10.2. The average Bonchev–Trinajstić information content (AvgIpc) is 2.81. The van der Waals surface area contributed by atoms with Gasteiger partial charge in [0, 0.05) is 31.1 Å². The second kappa shape index (κ2) is 4.66. The predicted molar refractivity (Wildman–Crippen MR) is 69.5 cm³/mol. The van der Waals surface area contributed by atoms with E-state index in [-0.39, 0.29) is 23.5 Å². The number of rotatable bonds is 1. The van der Waals surface area contributed by atoms with Crippen LogP contribution in [-0.2, 0) is 0 Å². The van der Waals surface area contributed by atoms with E-state index in [1.54, 1.807) is 17.0 Å². The zero-order chi connectivity index (χ0) is 13.4. The molecule has 1 atom stereocenters. The molecule has 3 rings (SSSR count). The summed E-state index contributed by atoms with van der Waals surface area (Å²) in [5.41, 5.74) is 0.535. The lowest BCUT2D eigenvalue weighted by Crippen LogP contribution is -2.52. The Kier molecular flexibility index (Phi) is 2.98. The van der Waals surface area contributed by atoms with Crippen LogP contribution in [0, 0.1) is 5.82 Å². The molecule has 1 unspecified atom stereocenters. The summed E-state index contributed by atoms with van der Waals surface area (Å²) < 4.78 is 18.6. The van der Waals surface area contributed by atoms with Crippen molar-refractivity contribution in [3.8, 4) is 0 Å². The number of amides is 1. The highest BCUT2D eigenvalue weighted by Gasteiger charge is 2.26. The highest BCUT2D eigenvalue weighted by Crippen LogP contribution is 2.22. The Morgan fingerprint density at radius 1 is 1.47 bits per heavy atom. The minimum absolute atomic E-state index is 0.131. The lowest BCUT2D eigenvalue weighted by molar-refractivity contribution is 0.0625. The summed E-state index contributed by atoms with van der Waals surface area (Å²) in [5, 5.41) is 3.85. The first kappa shape index (κ1) is 12.2. The molecule has 19 heavy (non-hydrogen) atoms. The molecule has 1 aromatic heterocycles. The monoisotopic (exact) mass is 262 g/mol. The van der Waals surface area contributed by atoms with Crippen LogP contribution in [-0.4, -0.2) is 36.5 Å². The summed E-state index contributed by atoms with van der Waals surface area (Å²) in [6.07, 6.45) is 0. The molecule has 2 heterocycles. The first-order chi connectivity index (χ1) is 9.15. The van der Waals surface area contributed by atoms with Gasteiger partial charge in [0.05, 0.1) is 0 Å². The van der Waals surface area contributed by atoms with Crippen molar-refractivity contribution in [2.75, 3.05) is 19.6 Å². The van der Waals surface area contributed by atoms with Gasteiger partial charge in [0.2, 0.25) is 0 Å². The van der Waals surface area contributed by atoms with Crippen LogP contribution in [0.15, 0.2) is 28.7 Å². The van der Waals surface area contributed by atoms with Crippen molar-refractivity contribution in [1.29, 1.82) is 0 Å². The smallest absolute Gasteiger partial charge is 0.289 e. The fourth-order valence-corrected chi connectivity index (χ4v) is 2.40. The van der Waals surface area contributed by atoms with Gasteiger partial charge in [-0.25, -0.2) is 4.39 Å². The third-order valence-corrected chi connectivity index (χ3v) is 3.45. The summed E-state index contributed by atoms with van der Waals surface area (Å²) in [7, 11) is 0. The number of hydrogen-bond donors (Lipinski definition) is 1. The molecule has 1 aliphatic rings. The Labute approximate surface area is 110 Å². The lowest BCUT2D eigenvalue weighted by Gasteiger charge is -2.33. The molecule has 5 heteroatoms. The van der Waals surface area contributed by atoms with Crippen molar-refractivity contribution >= 4 is 16.9 Å². The standard InChI is InChI=1S/C14H15FN2O2/c1-9-8-16-4-5-17(9)14(18)13-7-10-6-11(15)2-3-12(10)19-13/h2-3,6-7,9,16H,4-5,8H2,1H3. The SMILES string of the molecule is CC1CNCCN1C(=O)c1cc2cc(F)ccc2o1. The molecule has 1 saturated heterocycles. The average molecular weight is 262 g/mol. The van der Waals surface area contributed by atoms with Crippen LogP contribution in [0.3, 0.4) is 0 Å². The molecule has 0 bridgehead atoms. The maximum atomic E-state index is 13.1. The van der Waals surface area contributed by atoms with Crippen molar-refractivity contribution in [1.82, 2.24) is 10.2 Å². The van der Waals surface area contributed by atoms with E-state index in [2.05, 4.69) is 5.32 Å². The van der Waals surface area contributed by atoms with Gasteiger partial charge >= 0.3 is 0 Å². The zero-order valence-corrected chi connectivity index (χ0v) is 10.6. The van der Waals surface area contributed by atoms with Crippen molar-refractivity contribution in [2.24, 2.45) is 0 Å². The molecule has 1 aromatic carbocycles. The first-order valence-corrected chi connectivity index (χ1v) is 6.36. The van der Waals surface area contributed by atoms with Gasteiger partial charge in [0.25, 0.3) is 5.91 Å². The summed E-state index contributed by atoms with van der Waals surface area (Å²) in [4.78, 5) is 14.2. The van der Waals surface area contributed by atoms with Crippen LogP contribution in [0.25, 0.3) is 11.0 Å². The molecule has 100 valence electrons. The highest BCUT2D eigenvalue weighted by atomic mass is 19.1. The van der Waals surface area contributed by atoms with Gasteiger partial charge < -0.3 is 14.6 Å². The van der Waals surface area contributed by atoms with Crippen molar-refractivity contribution in [3.63, 3.8) is 0 Å².